The van der Waals surface area contributed by atoms with E-state index in [2.05, 4.69) is 4.65 Å². The maximum absolute atomic E-state index is 9.07. The molecule has 0 saturated carbocycles. The van der Waals surface area contributed by atoms with E-state index in [0.717, 1.165) is 4.78 Å². The Balaban J connectivity index is 2.74. The third-order valence-corrected chi connectivity index (χ3v) is 2.32. The van der Waals surface area contributed by atoms with Crippen LogP contribution in [0.15, 0.2) is 12.1 Å². The first kappa shape index (κ1) is 8.08. The molecule has 1 heterocycles. The van der Waals surface area contributed by atoms with Crippen LogP contribution in [0.5, 0.6) is 0 Å². The Morgan fingerprint density at radius 1 is 1.70 bits per heavy atom. The molecule has 0 fully saturated rings. The molecule has 0 unspecified atom stereocenters. The van der Waals surface area contributed by atoms with E-state index < -0.39 is 7.12 Å². The third kappa shape index (κ3) is 1.73. The highest BCUT2D eigenvalue weighted by molar-refractivity contribution is 7.25. The van der Waals surface area contributed by atoms with Gasteiger partial charge in [0.2, 0.25) is 0 Å². The van der Waals surface area contributed by atoms with E-state index in [1.165, 1.54) is 18.4 Å². The van der Waals surface area contributed by atoms with Crippen molar-refractivity contribution in [2.45, 2.75) is 0 Å². The van der Waals surface area contributed by atoms with Crippen LogP contribution >= 0.6 is 22.9 Å². The van der Waals surface area contributed by atoms with E-state index in [4.69, 9.17) is 16.6 Å². The molecule has 10 heavy (non-hydrogen) atoms. The summed E-state index contributed by atoms with van der Waals surface area (Å²) in [6.45, 7) is 0. The molecule has 0 aromatic carbocycles. The minimum Gasteiger partial charge on any atom is -0.423 e. The van der Waals surface area contributed by atoms with E-state index in [1.807, 2.05) is 0 Å². The van der Waals surface area contributed by atoms with Gasteiger partial charge in [-0.3, -0.25) is 0 Å². The molecule has 54 valence electrons. The SMILES string of the molecule is COB(O)c1ccc(Cl)s1. The van der Waals surface area contributed by atoms with Crippen molar-refractivity contribution in [1.82, 2.24) is 0 Å². The van der Waals surface area contributed by atoms with Crippen molar-refractivity contribution >= 4 is 34.8 Å². The molecular weight excluding hydrogens is 170 g/mol. The Morgan fingerprint density at radius 2 is 2.40 bits per heavy atom. The van der Waals surface area contributed by atoms with Crippen LogP contribution in [0.25, 0.3) is 0 Å². The maximum Gasteiger partial charge on any atom is 0.501 e. The highest BCUT2D eigenvalue weighted by atomic mass is 35.5. The number of hydrogen-bond donors (Lipinski definition) is 1. The topological polar surface area (TPSA) is 29.5 Å². The lowest BCUT2D eigenvalue weighted by Crippen LogP contribution is -2.29. The smallest absolute Gasteiger partial charge is 0.423 e. The average Bonchev–Trinajstić information content (AvgIpc) is 2.34. The van der Waals surface area contributed by atoms with Crippen LogP contribution in [0, 0.1) is 0 Å². The van der Waals surface area contributed by atoms with Crippen LogP contribution in [-0.4, -0.2) is 19.3 Å². The molecule has 0 saturated heterocycles. The Labute approximate surface area is 68.5 Å². The molecule has 0 bridgehead atoms. The van der Waals surface area contributed by atoms with E-state index in [1.54, 1.807) is 12.1 Å². The Bertz CT molecular complexity index is 215. The van der Waals surface area contributed by atoms with Gasteiger partial charge >= 0.3 is 7.12 Å². The second-order valence-corrected chi connectivity index (χ2v) is 3.48. The van der Waals surface area contributed by atoms with Gasteiger partial charge in [0, 0.05) is 11.9 Å². The van der Waals surface area contributed by atoms with Crippen LogP contribution < -0.4 is 4.78 Å². The standard InChI is InChI=1S/C5H6BClO2S/c1-9-6(8)4-2-3-5(7)10-4/h2-3,8H,1H3. The molecule has 0 spiro atoms. The monoisotopic (exact) mass is 176 g/mol. The molecule has 1 aromatic rings. The highest BCUT2D eigenvalue weighted by Gasteiger charge is 2.15. The van der Waals surface area contributed by atoms with E-state index in [0.29, 0.717) is 4.34 Å². The minimum atomic E-state index is -0.836. The van der Waals surface area contributed by atoms with Crippen molar-refractivity contribution in [3.8, 4) is 0 Å². The van der Waals surface area contributed by atoms with Crippen molar-refractivity contribution in [3.63, 3.8) is 0 Å². The van der Waals surface area contributed by atoms with Gasteiger partial charge in [-0.2, -0.15) is 0 Å². The van der Waals surface area contributed by atoms with Gasteiger partial charge in [0.1, 0.15) is 0 Å². The number of rotatable bonds is 2. The van der Waals surface area contributed by atoms with Crippen LogP contribution in [0.1, 0.15) is 0 Å². The van der Waals surface area contributed by atoms with Crippen molar-refractivity contribution in [2.24, 2.45) is 0 Å². The quantitative estimate of drug-likeness (QED) is 0.674. The molecule has 1 rings (SSSR count). The average molecular weight is 176 g/mol. The van der Waals surface area contributed by atoms with Gasteiger partial charge in [-0.25, -0.2) is 0 Å². The molecule has 2 nitrogen and oxygen atoms in total. The summed E-state index contributed by atoms with van der Waals surface area (Å²) < 4.78 is 6.04. The van der Waals surface area contributed by atoms with Crippen LogP contribution in [0.3, 0.4) is 0 Å². The molecule has 0 radical (unpaired) electrons. The van der Waals surface area contributed by atoms with Crippen molar-refractivity contribution in [3.05, 3.63) is 16.5 Å². The predicted octanol–water partition coefficient (Wildman–Crippen LogP) is 0.735. The van der Waals surface area contributed by atoms with Crippen LogP contribution in [0.4, 0.5) is 0 Å². The van der Waals surface area contributed by atoms with Gasteiger partial charge in [0.25, 0.3) is 0 Å². The van der Waals surface area contributed by atoms with Crippen molar-refractivity contribution < 1.29 is 9.68 Å². The van der Waals surface area contributed by atoms with Gasteiger partial charge in [0.15, 0.2) is 0 Å². The number of hydrogen-bond acceptors (Lipinski definition) is 3. The molecule has 5 heteroatoms. The predicted molar refractivity (Wildman–Crippen MR) is 43.9 cm³/mol. The summed E-state index contributed by atoms with van der Waals surface area (Å²) in [6.07, 6.45) is 0. The summed E-state index contributed by atoms with van der Waals surface area (Å²) in [4.78, 5) is 0. The lowest BCUT2D eigenvalue weighted by molar-refractivity contribution is 0.342. The largest absolute Gasteiger partial charge is 0.501 e. The lowest BCUT2D eigenvalue weighted by Gasteiger charge is -1.96. The zero-order valence-corrected chi connectivity index (χ0v) is 6.95. The molecule has 0 aliphatic heterocycles. The second kappa shape index (κ2) is 3.39. The maximum atomic E-state index is 9.07. The van der Waals surface area contributed by atoms with Gasteiger partial charge in [0.05, 0.1) is 4.34 Å². The summed E-state index contributed by atoms with van der Waals surface area (Å²) in [5.41, 5.74) is 0. The van der Waals surface area contributed by atoms with Crippen LogP contribution in [-0.2, 0) is 4.65 Å². The zero-order valence-electron chi connectivity index (χ0n) is 5.37. The second-order valence-electron chi connectivity index (χ2n) is 1.73. The molecule has 0 aliphatic rings. The van der Waals surface area contributed by atoms with Crippen molar-refractivity contribution in [1.29, 1.82) is 0 Å². The first-order valence-corrected chi connectivity index (χ1v) is 3.89. The molecular formula is C5H6BClO2S. The lowest BCUT2D eigenvalue weighted by atomic mass is 9.89. The van der Waals surface area contributed by atoms with Gasteiger partial charge in [-0.1, -0.05) is 17.7 Å². The van der Waals surface area contributed by atoms with E-state index in [-0.39, 0.29) is 0 Å². The summed E-state index contributed by atoms with van der Waals surface area (Å²) in [5.74, 6) is 0. The number of halogens is 1. The van der Waals surface area contributed by atoms with Crippen LogP contribution in [0.2, 0.25) is 4.34 Å². The zero-order chi connectivity index (χ0) is 7.56. The molecule has 1 N–H and O–H groups in total. The molecule has 1 aromatic heterocycles. The highest BCUT2D eigenvalue weighted by Crippen LogP contribution is 2.13. The molecule has 0 amide bonds. The minimum absolute atomic E-state index is 0.658. The molecule has 0 aliphatic carbocycles. The fourth-order valence-corrected chi connectivity index (χ4v) is 1.60. The molecule has 0 atom stereocenters. The van der Waals surface area contributed by atoms with Gasteiger partial charge in [-0.15, -0.1) is 11.3 Å². The van der Waals surface area contributed by atoms with Gasteiger partial charge in [-0.05, 0) is 6.07 Å². The third-order valence-electron chi connectivity index (χ3n) is 1.06. The van der Waals surface area contributed by atoms with Gasteiger partial charge < -0.3 is 9.68 Å². The Kier molecular flexibility index (Phi) is 2.74. The normalized spacial score (nSPS) is 9.90. The number of thiophene rings is 1. The van der Waals surface area contributed by atoms with E-state index in [9.17, 15) is 0 Å². The summed E-state index contributed by atoms with van der Waals surface area (Å²) >= 11 is 6.92. The first-order chi connectivity index (χ1) is 4.74. The Morgan fingerprint density at radius 3 is 2.80 bits per heavy atom. The summed E-state index contributed by atoms with van der Waals surface area (Å²) in [6, 6.07) is 3.46. The summed E-state index contributed by atoms with van der Waals surface area (Å²) in [7, 11) is 0.607. The Hall–Kier alpha value is -0.0251. The van der Waals surface area contributed by atoms with E-state index >= 15 is 0 Å². The fourth-order valence-electron chi connectivity index (χ4n) is 0.577. The summed E-state index contributed by atoms with van der Waals surface area (Å²) in [5, 5.41) is 9.07. The van der Waals surface area contributed by atoms with Crippen molar-refractivity contribution in [2.75, 3.05) is 7.11 Å². The fraction of sp³-hybridized carbons (Fsp3) is 0.200. The first-order valence-electron chi connectivity index (χ1n) is 2.70.